The highest BCUT2D eigenvalue weighted by Gasteiger charge is 2.19. The van der Waals surface area contributed by atoms with Gasteiger partial charge in [-0.05, 0) is 24.1 Å². The lowest BCUT2D eigenvalue weighted by atomic mass is 10.1. The molecule has 1 fully saturated rings. The number of nitrogens with two attached hydrogens (primary N) is 1. The number of carbonyl (C=O) groups is 2. The van der Waals surface area contributed by atoms with Crippen LogP contribution in [0.1, 0.15) is 12.5 Å². The summed E-state index contributed by atoms with van der Waals surface area (Å²) in [6.07, 6.45) is 0.327. The molecule has 1 saturated heterocycles. The normalized spacial score (nSPS) is 16.7. The number of rotatable bonds is 4. The number of carboxylic acids is 1. The summed E-state index contributed by atoms with van der Waals surface area (Å²) in [7, 11) is 0. The smallest absolute Gasteiger partial charge is 0.320 e. The summed E-state index contributed by atoms with van der Waals surface area (Å²) >= 11 is 0. The lowest BCUT2D eigenvalue weighted by Gasteiger charge is -2.35. The predicted octanol–water partition coefficient (Wildman–Crippen LogP) is 0.310. The fourth-order valence-electron chi connectivity index (χ4n) is 2.46. The first-order chi connectivity index (χ1) is 9.97. The molecule has 0 spiro atoms. The largest absolute Gasteiger partial charge is 0.480 e. The van der Waals surface area contributed by atoms with E-state index in [1.807, 2.05) is 29.2 Å². The number of nitrogens with zero attached hydrogens (tertiary/aromatic N) is 2. The molecule has 0 aromatic heterocycles. The fourth-order valence-corrected chi connectivity index (χ4v) is 2.46. The standard InChI is InChI=1S/C15H21N3O3/c1-11(19)17-6-8-18(9-7-17)13-4-2-12(3-5-13)10-14(16)15(20)21/h2-5,14H,6-10,16H2,1H3,(H,20,21). The minimum Gasteiger partial charge on any atom is -0.480 e. The molecule has 0 aliphatic carbocycles. The number of carboxylic acid groups (broad SMARTS) is 1. The van der Waals surface area contributed by atoms with Crippen LogP contribution in [0.3, 0.4) is 0 Å². The Hall–Kier alpha value is -2.08. The first-order valence-electron chi connectivity index (χ1n) is 7.05. The van der Waals surface area contributed by atoms with Gasteiger partial charge in [-0.15, -0.1) is 0 Å². The first kappa shape index (κ1) is 15.3. The highest BCUT2D eigenvalue weighted by atomic mass is 16.4. The molecule has 1 heterocycles. The summed E-state index contributed by atoms with van der Waals surface area (Å²) in [5, 5.41) is 8.81. The van der Waals surface area contributed by atoms with E-state index in [0.717, 1.165) is 37.4 Å². The molecule has 2 rings (SSSR count). The van der Waals surface area contributed by atoms with Crippen molar-refractivity contribution in [1.82, 2.24) is 4.90 Å². The van der Waals surface area contributed by atoms with Crippen LogP contribution in [0.15, 0.2) is 24.3 Å². The van der Waals surface area contributed by atoms with E-state index in [2.05, 4.69) is 4.90 Å². The number of hydrogen-bond donors (Lipinski definition) is 2. The molecule has 0 bridgehead atoms. The van der Waals surface area contributed by atoms with Gasteiger partial charge < -0.3 is 20.6 Å². The maximum absolute atomic E-state index is 11.3. The van der Waals surface area contributed by atoms with Crippen LogP contribution in [-0.4, -0.2) is 54.1 Å². The van der Waals surface area contributed by atoms with Crippen molar-refractivity contribution >= 4 is 17.6 Å². The van der Waals surface area contributed by atoms with E-state index in [-0.39, 0.29) is 5.91 Å². The fraction of sp³-hybridized carbons (Fsp3) is 0.467. The van der Waals surface area contributed by atoms with Crippen molar-refractivity contribution in [3.8, 4) is 0 Å². The van der Waals surface area contributed by atoms with Gasteiger partial charge in [0.15, 0.2) is 0 Å². The van der Waals surface area contributed by atoms with Crippen molar-refractivity contribution in [2.24, 2.45) is 5.73 Å². The van der Waals surface area contributed by atoms with E-state index < -0.39 is 12.0 Å². The van der Waals surface area contributed by atoms with Gasteiger partial charge in [0, 0.05) is 38.8 Å². The molecule has 1 unspecified atom stereocenters. The second-order valence-corrected chi connectivity index (χ2v) is 5.31. The highest BCUT2D eigenvalue weighted by molar-refractivity contribution is 5.74. The van der Waals surface area contributed by atoms with Crippen LogP contribution in [0, 0.1) is 0 Å². The van der Waals surface area contributed by atoms with Gasteiger partial charge in [-0.25, -0.2) is 0 Å². The van der Waals surface area contributed by atoms with Gasteiger partial charge in [-0.2, -0.15) is 0 Å². The summed E-state index contributed by atoms with van der Waals surface area (Å²) in [5.41, 5.74) is 7.53. The molecule has 1 aromatic carbocycles. The SMILES string of the molecule is CC(=O)N1CCN(c2ccc(CC(N)C(=O)O)cc2)CC1. The zero-order valence-electron chi connectivity index (χ0n) is 12.2. The van der Waals surface area contributed by atoms with E-state index in [1.165, 1.54) is 0 Å². The number of benzene rings is 1. The third kappa shape index (κ3) is 3.95. The second kappa shape index (κ2) is 6.58. The molecule has 6 heteroatoms. The van der Waals surface area contributed by atoms with Crippen molar-refractivity contribution in [1.29, 1.82) is 0 Å². The van der Waals surface area contributed by atoms with Crippen LogP contribution < -0.4 is 10.6 Å². The quantitative estimate of drug-likeness (QED) is 0.833. The molecule has 0 radical (unpaired) electrons. The van der Waals surface area contributed by atoms with E-state index in [4.69, 9.17) is 10.8 Å². The van der Waals surface area contributed by atoms with Crippen LogP contribution in [0.25, 0.3) is 0 Å². The Morgan fingerprint density at radius 3 is 2.24 bits per heavy atom. The van der Waals surface area contributed by atoms with E-state index >= 15 is 0 Å². The van der Waals surface area contributed by atoms with Crippen molar-refractivity contribution in [2.45, 2.75) is 19.4 Å². The average Bonchev–Trinajstić information content (AvgIpc) is 2.48. The highest BCUT2D eigenvalue weighted by Crippen LogP contribution is 2.18. The summed E-state index contributed by atoms with van der Waals surface area (Å²) in [6.45, 7) is 4.69. The Bertz CT molecular complexity index is 507. The molecule has 0 saturated carbocycles. The Labute approximate surface area is 124 Å². The lowest BCUT2D eigenvalue weighted by molar-refractivity contribution is -0.138. The molecule has 1 amide bonds. The Kier molecular flexibility index (Phi) is 4.80. The molecule has 21 heavy (non-hydrogen) atoms. The zero-order valence-corrected chi connectivity index (χ0v) is 12.2. The van der Waals surface area contributed by atoms with Gasteiger partial charge in [-0.3, -0.25) is 9.59 Å². The first-order valence-corrected chi connectivity index (χ1v) is 7.05. The number of piperazine rings is 1. The van der Waals surface area contributed by atoms with E-state index in [9.17, 15) is 9.59 Å². The second-order valence-electron chi connectivity index (χ2n) is 5.31. The van der Waals surface area contributed by atoms with Crippen LogP contribution >= 0.6 is 0 Å². The Morgan fingerprint density at radius 1 is 1.19 bits per heavy atom. The maximum atomic E-state index is 11.3. The molecule has 114 valence electrons. The van der Waals surface area contributed by atoms with Crippen molar-refractivity contribution in [2.75, 3.05) is 31.1 Å². The minimum absolute atomic E-state index is 0.118. The molecule has 1 aliphatic heterocycles. The van der Waals surface area contributed by atoms with Gasteiger partial charge in [0.2, 0.25) is 5.91 Å². The number of anilines is 1. The molecule has 1 aliphatic rings. The Morgan fingerprint density at radius 2 is 1.76 bits per heavy atom. The molecular weight excluding hydrogens is 270 g/mol. The van der Waals surface area contributed by atoms with E-state index in [0.29, 0.717) is 6.42 Å². The van der Waals surface area contributed by atoms with Gasteiger partial charge in [-0.1, -0.05) is 12.1 Å². The predicted molar refractivity (Wildman–Crippen MR) is 80.2 cm³/mol. The van der Waals surface area contributed by atoms with E-state index in [1.54, 1.807) is 6.92 Å². The third-order valence-corrected chi connectivity index (χ3v) is 3.80. The summed E-state index contributed by atoms with van der Waals surface area (Å²) in [5.74, 6) is -0.868. The van der Waals surface area contributed by atoms with Crippen LogP contribution in [0.4, 0.5) is 5.69 Å². The summed E-state index contributed by atoms with van der Waals surface area (Å²) < 4.78 is 0. The number of hydrogen-bond acceptors (Lipinski definition) is 4. The Balaban J connectivity index is 1.94. The molecular formula is C15H21N3O3. The molecule has 1 aromatic rings. The zero-order chi connectivity index (χ0) is 15.4. The molecule has 6 nitrogen and oxygen atoms in total. The van der Waals surface area contributed by atoms with Crippen molar-refractivity contribution < 1.29 is 14.7 Å². The lowest BCUT2D eigenvalue weighted by Crippen LogP contribution is -2.48. The van der Waals surface area contributed by atoms with Crippen LogP contribution in [0.5, 0.6) is 0 Å². The van der Waals surface area contributed by atoms with Crippen LogP contribution in [0.2, 0.25) is 0 Å². The molecule has 3 N–H and O–H groups in total. The number of aliphatic carboxylic acids is 1. The summed E-state index contributed by atoms with van der Waals surface area (Å²) in [4.78, 5) is 26.1. The average molecular weight is 291 g/mol. The van der Waals surface area contributed by atoms with Crippen LogP contribution in [-0.2, 0) is 16.0 Å². The summed E-state index contributed by atoms with van der Waals surface area (Å²) in [6, 6.07) is 6.92. The minimum atomic E-state index is -0.987. The van der Waals surface area contributed by atoms with Crippen molar-refractivity contribution in [3.05, 3.63) is 29.8 Å². The third-order valence-electron chi connectivity index (χ3n) is 3.80. The topological polar surface area (TPSA) is 86.9 Å². The monoisotopic (exact) mass is 291 g/mol. The molecule has 1 atom stereocenters. The van der Waals surface area contributed by atoms with Gasteiger partial charge in [0.1, 0.15) is 6.04 Å². The van der Waals surface area contributed by atoms with Gasteiger partial charge >= 0.3 is 5.97 Å². The number of carbonyl (C=O) groups excluding carboxylic acids is 1. The van der Waals surface area contributed by atoms with Gasteiger partial charge in [0.05, 0.1) is 0 Å². The number of amides is 1. The van der Waals surface area contributed by atoms with Crippen molar-refractivity contribution in [3.63, 3.8) is 0 Å². The van der Waals surface area contributed by atoms with Gasteiger partial charge in [0.25, 0.3) is 0 Å². The maximum Gasteiger partial charge on any atom is 0.320 e.